The van der Waals surface area contributed by atoms with Gasteiger partial charge in [0.1, 0.15) is 0 Å². The summed E-state index contributed by atoms with van der Waals surface area (Å²) in [5.41, 5.74) is 0.703. The lowest BCUT2D eigenvalue weighted by atomic mass is 10.0. The van der Waals surface area contributed by atoms with Crippen molar-refractivity contribution in [1.29, 1.82) is 0 Å². The Morgan fingerprint density at radius 3 is 2.94 bits per heavy atom. The molecule has 0 radical (unpaired) electrons. The van der Waals surface area contributed by atoms with Gasteiger partial charge in [-0.25, -0.2) is 0 Å². The average molecular weight is 221 g/mol. The normalized spacial score (nSPS) is 20.9. The van der Waals surface area contributed by atoms with Crippen LogP contribution in [-0.2, 0) is 4.79 Å². The van der Waals surface area contributed by atoms with Gasteiger partial charge < -0.3 is 4.90 Å². The van der Waals surface area contributed by atoms with Crippen molar-refractivity contribution in [3.05, 3.63) is 34.6 Å². The molecular weight excluding hydrogens is 210 g/mol. The maximum Gasteiger partial charge on any atom is 0.233 e. The summed E-state index contributed by atoms with van der Waals surface area (Å²) < 4.78 is 0. The molecule has 6 heteroatoms. The van der Waals surface area contributed by atoms with E-state index in [1.54, 1.807) is 29.4 Å². The molecule has 0 spiro atoms. The molecule has 0 aromatic carbocycles. The Morgan fingerprint density at radius 2 is 2.38 bits per heavy atom. The number of piperidine rings is 1. The summed E-state index contributed by atoms with van der Waals surface area (Å²) in [5.74, 6) is -0.207. The van der Waals surface area contributed by atoms with Crippen LogP contribution in [0.25, 0.3) is 0 Å². The maximum atomic E-state index is 11.7. The molecule has 1 fully saturated rings. The quantitative estimate of drug-likeness (QED) is 0.548. The van der Waals surface area contributed by atoms with Gasteiger partial charge in [0.2, 0.25) is 11.9 Å². The Hall–Kier alpha value is -1.98. The molecule has 1 unspecified atom stereocenters. The second-order valence-corrected chi connectivity index (χ2v) is 3.69. The van der Waals surface area contributed by atoms with E-state index in [1.807, 2.05) is 0 Å². The summed E-state index contributed by atoms with van der Waals surface area (Å²) in [6, 6.07) is 2.78. The third kappa shape index (κ3) is 2.00. The van der Waals surface area contributed by atoms with Gasteiger partial charge in [0.05, 0.1) is 18.3 Å². The number of carbonyl (C=O) groups is 1. The van der Waals surface area contributed by atoms with Gasteiger partial charge in [-0.2, -0.15) is 0 Å². The average Bonchev–Trinajstić information content (AvgIpc) is 2.30. The van der Waals surface area contributed by atoms with Gasteiger partial charge in [0.15, 0.2) is 0 Å². The summed E-state index contributed by atoms with van der Waals surface area (Å²) in [6.07, 6.45) is 3.58. The molecule has 1 atom stereocenters. The number of aromatic nitrogens is 1. The fourth-order valence-corrected chi connectivity index (χ4v) is 1.78. The van der Waals surface area contributed by atoms with Gasteiger partial charge in [-0.05, 0) is 12.1 Å². The fraction of sp³-hybridized carbons (Fsp3) is 0.400. The number of hydrogen-bond acceptors (Lipinski definition) is 4. The van der Waals surface area contributed by atoms with Gasteiger partial charge in [-0.3, -0.25) is 19.9 Å². The van der Waals surface area contributed by atoms with Gasteiger partial charge in [-0.1, -0.05) is 0 Å². The van der Waals surface area contributed by atoms with Crippen LogP contribution in [-0.4, -0.2) is 28.4 Å². The number of carbonyl (C=O) groups excluding carboxylic acids is 1. The number of amides is 1. The van der Waals surface area contributed by atoms with E-state index in [2.05, 4.69) is 4.98 Å². The van der Waals surface area contributed by atoms with Crippen LogP contribution < -0.4 is 4.90 Å². The largest absolute Gasteiger partial charge is 0.310 e. The van der Waals surface area contributed by atoms with Crippen molar-refractivity contribution in [1.82, 2.24) is 4.98 Å². The summed E-state index contributed by atoms with van der Waals surface area (Å²) in [4.78, 5) is 27.4. The van der Waals surface area contributed by atoms with E-state index in [1.165, 1.54) is 0 Å². The standard InChI is InChI=1S/C10H11N3O3/c14-10-6-8(13(15)16)3-5-12(10)9-2-1-4-11-7-9/h1-2,4,7-8H,3,5-6H2. The minimum absolute atomic E-state index is 0.0259. The highest BCUT2D eigenvalue weighted by atomic mass is 16.6. The molecule has 0 bridgehead atoms. The van der Waals surface area contributed by atoms with Crippen molar-refractivity contribution in [2.75, 3.05) is 11.4 Å². The summed E-state index contributed by atoms with van der Waals surface area (Å²) in [5, 5.41) is 10.6. The predicted octanol–water partition coefficient (Wildman–Crippen LogP) is 0.854. The van der Waals surface area contributed by atoms with Gasteiger partial charge in [-0.15, -0.1) is 0 Å². The van der Waals surface area contributed by atoms with E-state index in [9.17, 15) is 14.9 Å². The summed E-state index contributed by atoms with van der Waals surface area (Å²) in [7, 11) is 0. The molecule has 1 amide bonds. The van der Waals surface area contributed by atoms with Crippen LogP contribution in [0.15, 0.2) is 24.5 Å². The summed E-state index contributed by atoms with van der Waals surface area (Å²) >= 11 is 0. The second kappa shape index (κ2) is 4.26. The van der Waals surface area contributed by atoms with Crippen LogP contribution in [0.3, 0.4) is 0 Å². The Bertz CT molecular complexity index is 407. The van der Waals surface area contributed by atoms with Crippen molar-refractivity contribution >= 4 is 11.6 Å². The van der Waals surface area contributed by atoms with Gasteiger partial charge >= 0.3 is 0 Å². The minimum Gasteiger partial charge on any atom is -0.310 e. The lowest BCUT2D eigenvalue weighted by molar-refractivity contribution is -0.522. The third-order valence-electron chi connectivity index (χ3n) is 2.65. The first-order valence-corrected chi connectivity index (χ1v) is 5.02. The zero-order valence-electron chi connectivity index (χ0n) is 8.57. The van der Waals surface area contributed by atoms with Crippen molar-refractivity contribution < 1.29 is 9.72 Å². The Balaban J connectivity index is 2.11. The molecule has 1 aliphatic rings. The Labute approximate surface area is 92.0 Å². The van der Waals surface area contributed by atoms with Crippen LogP contribution >= 0.6 is 0 Å². The molecule has 0 N–H and O–H groups in total. The first-order valence-electron chi connectivity index (χ1n) is 5.02. The Morgan fingerprint density at radius 1 is 1.56 bits per heavy atom. The van der Waals surface area contributed by atoms with Crippen LogP contribution in [0.1, 0.15) is 12.8 Å². The minimum atomic E-state index is -0.736. The molecule has 16 heavy (non-hydrogen) atoms. The van der Waals surface area contributed by atoms with E-state index in [0.29, 0.717) is 18.7 Å². The first-order chi connectivity index (χ1) is 7.68. The Kier molecular flexibility index (Phi) is 2.80. The summed E-state index contributed by atoms with van der Waals surface area (Å²) in [6.45, 7) is 0.385. The highest BCUT2D eigenvalue weighted by Gasteiger charge is 2.33. The lowest BCUT2D eigenvalue weighted by Crippen LogP contribution is -2.43. The highest BCUT2D eigenvalue weighted by molar-refractivity contribution is 5.94. The highest BCUT2D eigenvalue weighted by Crippen LogP contribution is 2.20. The predicted molar refractivity (Wildman–Crippen MR) is 56.6 cm³/mol. The second-order valence-electron chi connectivity index (χ2n) is 3.69. The van der Waals surface area contributed by atoms with E-state index in [0.717, 1.165) is 0 Å². The van der Waals surface area contributed by atoms with Gasteiger partial charge in [0, 0.05) is 24.1 Å². The van der Waals surface area contributed by atoms with E-state index in [4.69, 9.17) is 0 Å². The molecular formula is C10H11N3O3. The molecule has 1 aromatic heterocycles. The molecule has 1 aromatic rings. The number of pyridine rings is 1. The monoisotopic (exact) mass is 221 g/mol. The van der Waals surface area contributed by atoms with E-state index >= 15 is 0 Å². The lowest BCUT2D eigenvalue weighted by Gasteiger charge is -2.27. The van der Waals surface area contributed by atoms with Crippen molar-refractivity contribution in [2.45, 2.75) is 18.9 Å². The molecule has 84 valence electrons. The van der Waals surface area contributed by atoms with Crippen LogP contribution in [0.4, 0.5) is 5.69 Å². The molecule has 2 heterocycles. The molecule has 6 nitrogen and oxygen atoms in total. The number of anilines is 1. The van der Waals surface area contributed by atoms with Gasteiger partial charge in [0.25, 0.3) is 0 Å². The fourth-order valence-electron chi connectivity index (χ4n) is 1.78. The van der Waals surface area contributed by atoms with E-state index in [-0.39, 0.29) is 17.3 Å². The molecule has 0 aliphatic carbocycles. The molecule has 1 saturated heterocycles. The number of nitro groups is 1. The zero-order chi connectivity index (χ0) is 11.5. The number of nitrogens with zero attached hydrogens (tertiary/aromatic N) is 3. The van der Waals surface area contributed by atoms with Crippen LogP contribution in [0.5, 0.6) is 0 Å². The zero-order valence-corrected chi connectivity index (χ0v) is 8.57. The molecule has 2 rings (SSSR count). The topological polar surface area (TPSA) is 76.3 Å². The number of hydrogen-bond donors (Lipinski definition) is 0. The van der Waals surface area contributed by atoms with Crippen LogP contribution in [0, 0.1) is 10.1 Å². The van der Waals surface area contributed by atoms with E-state index < -0.39 is 6.04 Å². The molecule has 1 aliphatic heterocycles. The number of rotatable bonds is 2. The van der Waals surface area contributed by atoms with Crippen molar-refractivity contribution in [3.63, 3.8) is 0 Å². The van der Waals surface area contributed by atoms with Crippen molar-refractivity contribution in [2.24, 2.45) is 0 Å². The maximum absolute atomic E-state index is 11.7. The third-order valence-corrected chi connectivity index (χ3v) is 2.65. The van der Waals surface area contributed by atoms with Crippen molar-refractivity contribution in [3.8, 4) is 0 Å². The molecule has 0 saturated carbocycles. The SMILES string of the molecule is O=C1CC([N+](=O)[O-])CCN1c1cccnc1. The van der Waals surface area contributed by atoms with Crippen LogP contribution in [0.2, 0.25) is 0 Å². The first kappa shape index (κ1) is 10.5. The smallest absolute Gasteiger partial charge is 0.233 e.